The Morgan fingerprint density at radius 3 is 2.96 bits per heavy atom. The molecule has 0 amide bonds. The molecule has 2 N–H and O–H groups in total. The number of ether oxygens (including phenoxy) is 2. The van der Waals surface area contributed by atoms with Crippen LogP contribution in [0, 0.1) is 0 Å². The van der Waals surface area contributed by atoms with Gasteiger partial charge >= 0.3 is 0 Å². The quantitative estimate of drug-likeness (QED) is 0.710. The Morgan fingerprint density at radius 2 is 2.26 bits per heavy atom. The van der Waals surface area contributed by atoms with Crippen LogP contribution in [0.1, 0.15) is 32.3 Å². The molecule has 27 heavy (non-hydrogen) atoms. The third-order valence-corrected chi connectivity index (χ3v) is 5.03. The number of benzene rings is 1. The van der Waals surface area contributed by atoms with E-state index in [0.717, 1.165) is 42.6 Å². The average molecular weight is 390 g/mol. The van der Waals surface area contributed by atoms with Gasteiger partial charge in [0, 0.05) is 36.2 Å². The molecule has 1 aromatic carbocycles. The lowest BCUT2D eigenvalue weighted by molar-refractivity contribution is 0.0897. The second-order valence-electron chi connectivity index (χ2n) is 6.66. The molecule has 1 aliphatic heterocycles. The van der Waals surface area contributed by atoms with E-state index in [1.54, 1.807) is 0 Å². The van der Waals surface area contributed by atoms with Gasteiger partial charge in [-0.3, -0.25) is 4.79 Å². The summed E-state index contributed by atoms with van der Waals surface area (Å²) in [5.41, 5.74) is 1.38. The van der Waals surface area contributed by atoms with Gasteiger partial charge in [0.05, 0.1) is 19.3 Å². The molecule has 1 aliphatic rings. The number of hydrogen-bond donors (Lipinski definition) is 2. The molecule has 0 aliphatic carbocycles. The van der Waals surface area contributed by atoms with E-state index in [2.05, 4.69) is 10.3 Å². The fourth-order valence-electron chi connectivity index (χ4n) is 3.33. The van der Waals surface area contributed by atoms with Crippen LogP contribution in [0.2, 0.25) is 0 Å². The first-order valence-electron chi connectivity index (χ1n) is 9.53. The normalized spacial score (nSPS) is 16.4. The highest BCUT2D eigenvalue weighted by Crippen LogP contribution is 2.20. The van der Waals surface area contributed by atoms with E-state index in [1.807, 2.05) is 43.0 Å². The molecular formula is C20H27N3O3S. The van der Waals surface area contributed by atoms with E-state index in [4.69, 9.17) is 21.7 Å². The molecule has 0 radical (unpaired) electrons. The zero-order chi connectivity index (χ0) is 19.2. The summed E-state index contributed by atoms with van der Waals surface area (Å²) < 4.78 is 11.3. The highest BCUT2D eigenvalue weighted by molar-refractivity contribution is 7.80. The van der Waals surface area contributed by atoms with Crippen LogP contribution in [-0.2, 0) is 11.3 Å². The maximum Gasteiger partial charge on any atom is 0.253 e. The molecule has 7 heteroatoms. The summed E-state index contributed by atoms with van der Waals surface area (Å²) in [5, 5.41) is 4.79. The summed E-state index contributed by atoms with van der Waals surface area (Å²) >= 11 is 5.53. The second kappa shape index (κ2) is 9.19. The third-order valence-electron chi connectivity index (χ3n) is 4.63. The summed E-state index contributed by atoms with van der Waals surface area (Å²) in [7, 11) is 0. The third kappa shape index (κ3) is 4.99. The van der Waals surface area contributed by atoms with Crippen LogP contribution in [0.25, 0.3) is 10.9 Å². The van der Waals surface area contributed by atoms with Crippen LogP contribution < -0.4 is 15.6 Å². The minimum absolute atomic E-state index is 0.0942. The monoisotopic (exact) mass is 389 g/mol. The summed E-state index contributed by atoms with van der Waals surface area (Å²) in [6, 6.07) is 7.61. The van der Waals surface area contributed by atoms with E-state index >= 15 is 0 Å². The molecular weight excluding hydrogens is 362 g/mol. The smallest absolute Gasteiger partial charge is 0.253 e. The van der Waals surface area contributed by atoms with Gasteiger partial charge in [0.1, 0.15) is 5.75 Å². The van der Waals surface area contributed by atoms with E-state index in [9.17, 15) is 4.79 Å². The van der Waals surface area contributed by atoms with E-state index in [0.29, 0.717) is 30.4 Å². The maximum absolute atomic E-state index is 12.6. The van der Waals surface area contributed by atoms with Gasteiger partial charge in [-0.15, -0.1) is 0 Å². The van der Waals surface area contributed by atoms with Crippen molar-refractivity contribution >= 4 is 28.2 Å². The molecule has 2 aromatic rings. The van der Waals surface area contributed by atoms with Crippen LogP contribution in [0.4, 0.5) is 0 Å². The number of rotatable bonds is 7. The average Bonchev–Trinajstić information content (AvgIpc) is 3.15. The van der Waals surface area contributed by atoms with E-state index in [1.165, 1.54) is 0 Å². The molecule has 1 unspecified atom stereocenters. The van der Waals surface area contributed by atoms with E-state index in [-0.39, 0.29) is 11.7 Å². The van der Waals surface area contributed by atoms with Crippen LogP contribution in [0.5, 0.6) is 5.75 Å². The van der Waals surface area contributed by atoms with Gasteiger partial charge < -0.3 is 24.7 Å². The fourth-order valence-corrected chi connectivity index (χ4v) is 3.61. The fraction of sp³-hybridized carbons (Fsp3) is 0.500. The molecule has 0 saturated carbocycles. The highest BCUT2D eigenvalue weighted by Gasteiger charge is 2.21. The topological polar surface area (TPSA) is 66.6 Å². The number of H-pyrrole nitrogens is 1. The number of hydrogen-bond acceptors (Lipinski definition) is 4. The molecule has 0 bridgehead atoms. The lowest BCUT2D eigenvalue weighted by Crippen LogP contribution is -2.43. The number of nitrogens with zero attached hydrogens (tertiary/aromatic N) is 1. The number of aromatic amines is 1. The molecule has 1 atom stereocenters. The molecule has 1 fully saturated rings. The van der Waals surface area contributed by atoms with Crippen molar-refractivity contribution in [2.24, 2.45) is 0 Å². The minimum Gasteiger partial charge on any atom is -0.494 e. The van der Waals surface area contributed by atoms with Gasteiger partial charge in [0.2, 0.25) is 0 Å². The number of nitrogens with one attached hydrogen (secondary N) is 2. The van der Waals surface area contributed by atoms with Gasteiger partial charge in [-0.2, -0.15) is 0 Å². The molecule has 0 spiro atoms. The van der Waals surface area contributed by atoms with Crippen molar-refractivity contribution in [3.05, 3.63) is 40.2 Å². The largest absolute Gasteiger partial charge is 0.494 e. The summed E-state index contributed by atoms with van der Waals surface area (Å²) in [5.74, 6) is 0.794. The molecule has 2 heterocycles. The van der Waals surface area contributed by atoms with Crippen molar-refractivity contribution in [1.29, 1.82) is 0 Å². The predicted molar refractivity (Wildman–Crippen MR) is 111 cm³/mol. The molecule has 3 rings (SSSR count). The molecule has 1 aromatic heterocycles. The number of fused-ring (bicyclic) bond motifs is 1. The van der Waals surface area contributed by atoms with Crippen LogP contribution >= 0.6 is 12.2 Å². The Kier molecular flexibility index (Phi) is 6.68. The molecule has 6 nitrogen and oxygen atoms in total. The SMILES string of the molecule is CCNC(=S)N(Cc1cc2cc(OCC)ccc2[nH]c1=O)CC1CCCO1. The highest BCUT2D eigenvalue weighted by atomic mass is 32.1. The first kappa shape index (κ1) is 19.6. The second-order valence-corrected chi connectivity index (χ2v) is 7.04. The zero-order valence-corrected chi connectivity index (χ0v) is 16.7. The van der Waals surface area contributed by atoms with Crippen LogP contribution in [0.3, 0.4) is 0 Å². The summed E-state index contributed by atoms with van der Waals surface area (Å²) in [6.07, 6.45) is 2.26. The lowest BCUT2D eigenvalue weighted by atomic mass is 10.1. The summed E-state index contributed by atoms with van der Waals surface area (Å²) in [4.78, 5) is 17.6. The first-order chi connectivity index (χ1) is 13.1. The molecule has 1 saturated heterocycles. The van der Waals surface area contributed by atoms with Gasteiger partial charge in [0.25, 0.3) is 5.56 Å². The first-order valence-corrected chi connectivity index (χ1v) is 9.94. The van der Waals surface area contributed by atoms with E-state index < -0.39 is 0 Å². The Bertz CT molecular complexity index is 846. The lowest BCUT2D eigenvalue weighted by Gasteiger charge is -2.28. The van der Waals surface area contributed by atoms with Crippen molar-refractivity contribution in [2.45, 2.75) is 39.3 Å². The number of pyridine rings is 1. The Morgan fingerprint density at radius 1 is 1.41 bits per heavy atom. The van der Waals surface area contributed by atoms with Gasteiger partial charge in [0.15, 0.2) is 5.11 Å². The van der Waals surface area contributed by atoms with Crippen molar-refractivity contribution < 1.29 is 9.47 Å². The van der Waals surface area contributed by atoms with Crippen molar-refractivity contribution in [3.8, 4) is 5.75 Å². The minimum atomic E-state index is -0.0942. The van der Waals surface area contributed by atoms with Crippen LogP contribution in [-0.4, -0.2) is 47.4 Å². The Hall–Kier alpha value is -2.12. The zero-order valence-electron chi connectivity index (χ0n) is 15.9. The standard InChI is InChI=1S/C20H27N3O3S/c1-3-21-20(27)23(13-17-6-5-9-26-17)12-15-10-14-11-16(25-4-2)7-8-18(14)22-19(15)24/h7-8,10-11,17H,3-6,9,12-13H2,1-2H3,(H,21,27)(H,22,24). The number of thiocarbonyl (C=S) groups is 1. The predicted octanol–water partition coefficient (Wildman–Crippen LogP) is 2.80. The Balaban J connectivity index is 1.86. The Labute approximate surface area is 164 Å². The van der Waals surface area contributed by atoms with Crippen molar-refractivity contribution in [1.82, 2.24) is 15.2 Å². The van der Waals surface area contributed by atoms with Crippen molar-refractivity contribution in [2.75, 3.05) is 26.3 Å². The number of aromatic nitrogens is 1. The van der Waals surface area contributed by atoms with Gasteiger partial charge in [-0.25, -0.2) is 0 Å². The maximum atomic E-state index is 12.6. The van der Waals surface area contributed by atoms with Crippen LogP contribution in [0.15, 0.2) is 29.1 Å². The van der Waals surface area contributed by atoms with Gasteiger partial charge in [-0.05, 0) is 63.2 Å². The molecule has 146 valence electrons. The summed E-state index contributed by atoms with van der Waals surface area (Å²) in [6.45, 7) is 7.23. The van der Waals surface area contributed by atoms with Gasteiger partial charge in [-0.1, -0.05) is 0 Å². The van der Waals surface area contributed by atoms with Crippen molar-refractivity contribution in [3.63, 3.8) is 0 Å².